The number of rotatable bonds is 4. The predicted octanol–water partition coefficient (Wildman–Crippen LogP) is 2.88. The molecule has 31 heavy (non-hydrogen) atoms. The monoisotopic (exact) mass is 415 g/mol. The van der Waals surface area contributed by atoms with Crippen molar-refractivity contribution in [2.45, 2.75) is 6.10 Å². The van der Waals surface area contributed by atoms with Gasteiger partial charge in [-0.1, -0.05) is 53.7 Å². The highest BCUT2D eigenvalue weighted by atomic mass is 16.7. The number of nitro groups is 1. The first kappa shape index (κ1) is 18.6. The largest absolute Gasteiger partial charge is 0.381 e. The van der Waals surface area contributed by atoms with Crippen molar-refractivity contribution in [2.75, 3.05) is 4.90 Å². The van der Waals surface area contributed by atoms with Gasteiger partial charge in [0.05, 0.1) is 10.6 Å². The van der Waals surface area contributed by atoms with Crippen molar-refractivity contribution in [1.82, 2.24) is 0 Å². The minimum atomic E-state index is -1.28. The van der Waals surface area contributed by atoms with Crippen LogP contribution in [-0.4, -0.2) is 34.3 Å². The van der Waals surface area contributed by atoms with Gasteiger partial charge in [0.15, 0.2) is 0 Å². The second-order valence-electron chi connectivity index (χ2n) is 7.12. The molecule has 5 rings (SSSR count). The Labute approximate surface area is 174 Å². The van der Waals surface area contributed by atoms with Crippen molar-refractivity contribution in [3.63, 3.8) is 0 Å². The van der Waals surface area contributed by atoms with E-state index in [1.807, 2.05) is 18.2 Å². The van der Waals surface area contributed by atoms with Gasteiger partial charge in [0.1, 0.15) is 11.6 Å². The van der Waals surface area contributed by atoms with Crippen LogP contribution < -0.4 is 4.90 Å². The molecule has 1 fully saturated rings. The van der Waals surface area contributed by atoms with Crippen molar-refractivity contribution < 1.29 is 24.1 Å². The highest BCUT2D eigenvalue weighted by Gasteiger charge is 2.57. The van der Waals surface area contributed by atoms with Crippen LogP contribution in [0.1, 0.15) is 10.4 Å². The molecule has 2 aliphatic rings. The van der Waals surface area contributed by atoms with Crippen LogP contribution in [0.25, 0.3) is 10.8 Å². The molecule has 0 bridgehead atoms. The van der Waals surface area contributed by atoms with Gasteiger partial charge in [-0.3, -0.25) is 24.5 Å². The number of hydrogen-bond acceptors (Lipinski definition) is 7. The van der Waals surface area contributed by atoms with E-state index >= 15 is 0 Å². The molecule has 2 amide bonds. The summed E-state index contributed by atoms with van der Waals surface area (Å²) in [6.07, 6.45) is -1.28. The fourth-order valence-corrected chi connectivity index (χ4v) is 3.93. The Morgan fingerprint density at radius 1 is 1.00 bits per heavy atom. The average molecular weight is 415 g/mol. The molecule has 2 aliphatic heterocycles. The molecule has 152 valence electrons. The van der Waals surface area contributed by atoms with E-state index < -0.39 is 34.5 Å². The fourth-order valence-electron chi connectivity index (χ4n) is 3.93. The maximum atomic E-state index is 13.3. The van der Waals surface area contributed by atoms with Crippen LogP contribution in [0.4, 0.5) is 11.4 Å². The number of nitro benzene ring substituents is 1. The zero-order valence-corrected chi connectivity index (χ0v) is 15.8. The lowest BCUT2D eigenvalue weighted by molar-refractivity contribution is -0.384. The normalized spacial score (nSPS) is 19.9. The van der Waals surface area contributed by atoms with E-state index in [-0.39, 0.29) is 17.1 Å². The Morgan fingerprint density at radius 3 is 2.55 bits per heavy atom. The van der Waals surface area contributed by atoms with Crippen molar-refractivity contribution in [2.24, 2.45) is 11.1 Å². The summed E-state index contributed by atoms with van der Waals surface area (Å²) in [5.74, 6) is -3.15. The molecular formula is C22H13N3O6. The number of fused-ring (bicyclic) bond motifs is 2. The molecule has 0 aliphatic carbocycles. The lowest BCUT2D eigenvalue weighted by Crippen LogP contribution is -2.34. The Balaban J connectivity index is 1.52. The zero-order valence-electron chi connectivity index (χ0n) is 15.8. The average Bonchev–Trinajstić information content (AvgIpc) is 3.33. The number of ketones is 1. The Kier molecular flexibility index (Phi) is 4.11. The number of nitrogens with zero attached hydrogens (tertiary/aromatic N) is 3. The van der Waals surface area contributed by atoms with Crippen LogP contribution in [0.3, 0.4) is 0 Å². The number of anilines is 1. The lowest BCUT2D eigenvalue weighted by Gasteiger charge is -2.15. The highest BCUT2D eigenvalue weighted by molar-refractivity contribution is 6.53. The van der Waals surface area contributed by atoms with Crippen LogP contribution >= 0.6 is 0 Å². The number of imide groups is 1. The number of Topliss-reactive ketones (excluding diaryl/α,β-unsaturated/α-hetero) is 1. The molecule has 0 unspecified atom stereocenters. The first-order chi connectivity index (χ1) is 15.0. The summed E-state index contributed by atoms with van der Waals surface area (Å²) in [7, 11) is 0. The van der Waals surface area contributed by atoms with E-state index in [0.29, 0.717) is 10.9 Å². The minimum absolute atomic E-state index is 0.0409. The van der Waals surface area contributed by atoms with E-state index in [9.17, 15) is 24.5 Å². The van der Waals surface area contributed by atoms with Gasteiger partial charge in [0.2, 0.25) is 17.8 Å². The van der Waals surface area contributed by atoms with Crippen molar-refractivity contribution in [3.05, 3.63) is 82.4 Å². The first-order valence-electron chi connectivity index (χ1n) is 9.36. The van der Waals surface area contributed by atoms with Crippen LogP contribution in [0.15, 0.2) is 71.9 Å². The summed E-state index contributed by atoms with van der Waals surface area (Å²) in [4.78, 5) is 55.6. The lowest BCUT2D eigenvalue weighted by atomic mass is 9.91. The molecule has 9 heteroatoms. The molecule has 3 aromatic carbocycles. The molecule has 0 radical (unpaired) electrons. The quantitative estimate of drug-likeness (QED) is 0.280. The standard InChI is InChI=1S/C22H13N3O6/c26-19(16-10-3-6-12-5-1-2-9-15(12)16)18-17-20(31-23-18)22(28)24(21(17)27)13-7-4-8-14(11-13)25(29)30/h1-11,17,20H/t17-,20+/m0/s1. The van der Waals surface area contributed by atoms with Crippen LogP contribution in [-0.2, 0) is 14.4 Å². The number of non-ortho nitro benzene ring substituents is 1. The summed E-state index contributed by atoms with van der Waals surface area (Å²) in [5, 5.41) is 16.4. The molecule has 2 heterocycles. The first-order valence-corrected chi connectivity index (χ1v) is 9.36. The Hall–Kier alpha value is -4.40. The number of oxime groups is 1. The minimum Gasteiger partial charge on any atom is -0.381 e. The van der Waals surface area contributed by atoms with Crippen molar-refractivity contribution in [3.8, 4) is 0 Å². The summed E-state index contributed by atoms with van der Waals surface area (Å²) in [6, 6.07) is 17.7. The van der Waals surface area contributed by atoms with Crippen molar-refractivity contribution >= 4 is 45.5 Å². The summed E-state index contributed by atoms with van der Waals surface area (Å²) in [5.41, 5.74) is -0.0428. The van der Waals surface area contributed by atoms with Gasteiger partial charge in [-0.15, -0.1) is 0 Å². The van der Waals surface area contributed by atoms with Gasteiger partial charge in [0.25, 0.3) is 11.6 Å². The number of amides is 2. The molecule has 0 saturated carbocycles. The molecule has 2 atom stereocenters. The van der Waals surface area contributed by atoms with E-state index in [1.165, 1.54) is 18.2 Å². The van der Waals surface area contributed by atoms with Crippen LogP contribution in [0.2, 0.25) is 0 Å². The fraction of sp³-hybridized carbons (Fsp3) is 0.0909. The van der Waals surface area contributed by atoms with Gasteiger partial charge in [-0.2, -0.15) is 0 Å². The molecule has 9 nitrogen and oxygen atoms in total. The molecule has 0 spiro atoms. The summed E-state index contributed by atoms with van der Waals surface area (Å²) in [6.45, 7) is 0. The van der Waals surface area contributed by atoms with Crippen molar-refractivity contribution in [1.29, 1.82) is 0 Å². The third-order valence-corrected chi connectivity index (χ3v) is 5.38. The molecular weight excluding hydrogens is 402 g/mol. The number of carbonyl (C=O) groups is 3. The van der Waals surface area contributed by atoms with Gasteiger partial charge >= 0.3 is 0 Å². The number of benzene rings is 3. The number of hydrogen-bond donors (Lipinski definition) is 0. The predicted molar refractivity (Wildman–Crippen MR) is 110 cm³/mol. The molecule has 0 N–H and O–H groups in total. The van der Waals surface area contributed by atoms with E-state index in [4.69, 9.17) is 4.84 Å². The van der Waals surface area contributed by atoms with Gasteiger partial charge in [-0.25, -0.2) is 4.90 Å². The number of carbonyl (C=O) groups excluding carboxylic acids is 3. The second kappa shape index (κ2) is 6.84. The third kappa shape index (κ3) is 2.78. The van der Waals surface area contributed by atoms with Gasteiger partial charge < -0.3 is 4.84 Å². The molecule has 1 saturated heterocycles. The van der Waals surface area contributed by atoms with Crippen LogP contribution in [0, 0.1) is 16.0 Å². The maximum Gasteiger partial charge on any atom is 0.278 e. The molecule has 3 aromatic rings. The van der Waals surface area contributed by atoms with Crippen LogP contribution in [0.5, 0.6) is 0 Å². The van der Waals surface area contributed by atoms with E-state index in [1.54, 1.807) is 24.3 Å². The Morgan fingerprint density at radius 2 is 1.74 bits per heavy atom. The smallest absolute Gasteiger partial charge is 0.278 e. The van der Waals surface area contributed by atoms with E-state index in [0.717, 1.165) is 16.4 Å². The second-order valence-corrected chi connectivity index (χ2v) is 7.12. The van der Waals surface area contributed by atoms with Gasteiger partial charge in [-0.05, 0) is 16.8 Å². The summed E-state index contributed by atoms with van der Waals surface area (Å²) < 4.78 is 0. The summed E-state index contributed by atoms with van der Waals surface area (Å²) >= 11 is 0. The Bertz CT molecular complexity index is 1330. The molecule has 0 aromatic heterocycles. The van der Waals surface area contributed by atoms with Gasteiger partial charge in [0, 0.05) is 17.7 Å². The topological polar surface area (TPSA) is 119 Å². The SMILES string of the molecule is O=C(C1=NO[C@H]2C(=O)N(c3cccc([N+](=O)[O-])c3)C(=O)[C@@H]12)c1cccc2ccccc12. The maximum absolute atomic E-state index is 13.3. The zero-order chi connectivity index (χ0) is 21.7. The third-order valence-electron chi connectivity index (χ3n) is 5.38. The highest BCUT2D eigenvalue weighted by Crippen LogP contribution is 2.35. The van der Waals surface area contributed by atoms with E-state index in [2.05, 4.69) is 5.16 Å².